The third-order valence-electron chi connectivity index (χ3n) is 5.89. The van der Waals surface area contributed by atoms with Gasteiger partial charge in [0.25, 0.3) is 0 Å². The van der Waals surface area contributed by atoms with E-state index in [-0.39, 0.29) is 31.7 Å². The van der Waals surface area contributed by atoms with Crippen molar-refractivity contribution in [1.29, 1.82) is 0 Å². The SMILES string of the molecule is CC(C)(C)c1cc(C(=O)O)c(Sc2c(C(=O)O)cc(C(C)(C)C)cc2C(C)(C)O)c(C(C)(C)O)c1. The van der Waals surface area contributed by atoms with Gasteiger partial charge in [-0.2, -0.15) is 0 Å². The Morgan fingerprint density at radius 3 is 1.09 bits per heavy atom. The minimum Gasteiger partial charge on any atom is -0.478 e. The van der Waals surface area contributed by atoms with Gasteiger partial charge in [0.1, 0.15) is 0 Å². The summed E-state index contributed by atoms with van der Waals surface area (Å²) in [6.07, 6.45) is 0. The van der Waals surface area contributed by atoms with Crippen LogP contribution in [0.3, 0.4) is 0 Å². The second-order valence-electron chi connectivity index (χ2n) is 12.1. The summed E-state index contributed by atoms with van der Waals surface area (Å²) in [6, 6.07) is 6.71. The third kappa shape index (κ3) is 6.46. The van der Waals surface area contributed by atoms with Crippen molar-refractivity contribution in [3.05, 3.63) is 57.6 Å². The van der Waals surface area contributed by atoms with Crippen LogP contribution in [0.25, 0.3) is 0 Å². The first-order valence-electron chi connectivity index (χ1n) is 11.5. The number of carboxylic acid groups (broad SMARTS) is 2. The van der Waals surface area contributed by atoms with Crippen LogP contribution in [0, 0.1) is 0 Å². The molecule has 0 bridgehead atoms. The van der Waals surface area contributed by atoms with Gasteiger partial charge in [-0.15, -0.1) is 0 Å². The molecule has 0 aliphatic rings. The van der Waals surface area contributed by atoms with Gasteiger partial charge in [-0.1, -0.05) is 65.4 Å². The minimum atomic E-state index is -1.41. The summed E-state index contributed by atoms with van der Waals surface area (Å²) >= 11 is 0.961. The molecule has 0 saturated heterocycles. The van der Waals surface area contributed by atoms with Crippen LogP contribution in [-0.4, -0.2) is 32.4 Å². The topological polar surface area (TPSA) is 115 Å². The van der Waals surface area contributed by atoms with Crippen molar-refractivity contribution in [2.45, 2.75) is 101 Å². The normalized spacial score (nSPS) is 13.1. The van der Waals surface area contributed by atoms with Gasteiger partial charge in [0.2, 0.25) is 0 Å². The van der Waals surface area contributed by atoms with Crippen LogP contribution < -0.4 is 0 Å². The van der Waals surface area contributed by atoms with Crippen LogP contribution in [0.2, 0.25) is 0 Å². The van der Waals surface area contributed by atoms with Crippen molar-refractivity contribution in [3.63, 3.8) is 0 Å². The summed E-state index contributed by atoms with van der Waals surface area (Å²) in [4.78, 5) is 25.3. The number of aliphatic hydroxyl groups is 2. The molecule has 2 rings (SSSR count). The first-order chi connectivity index (χ1) is 15.5. The van der Waals surface area contributed by atoms with Gasteiger partial charge in [0.15, 0.2) is 0 Å². The van der Waals surface area contributed by atoms with E-state index in [0.717, 1.165) is 22.9 Å². The second kappa shape index (κ2) is 9.26. The Kier molecular flexibility index (Phi) is 7.65. The second-order valence-corrected chi connectivity index (χ2v) is 13.2. The fraction of sp³-hybridized carbons (Fsp3) is 0.500. The number of carboxylic acids is 2. The Labute approximate surface area is 212 Å². The monoisotopic (exact) mass is 502 g/mol. The van der Waals surface area contributed by atoms with E-state index >= 15 is 0 Å². The Hall–Kier alpha value is -2.35. The van der Waals surface area contributed by atoms with Crippen LogP contribution in [-0.2, 0) is 22.0 Å². The summed E-state index contributed by atoms with van der Waals surface area (Å²) in [6.45, 7) is 18.0. The highest BCUT2D eigenvalue weighted by Gasteiger charge is 2.33. The molecule has 0 unspecified atom stereocenters. The number of hydrogen-bond acceptors (Lipinski definition) is 5. The Bertz CT molecular complexity index is 1060. The van der Waals surface area contributed by atoms with E-state index in [0.29, 0.717) is 11.1 Å². The van der Waals surface area contributed by atoms with Crippen molar-refractivity contribution in [1.82, 2.24) is 0 Å². The van der Waals surface area contributed by atoms with Crippen LogP contribution in [0.15, 0.2) is 34.1 Å². The molecule has 0 aliphatic carbocycles. The fourth-order valence-corrected chi connectivity index (χ4v) is 5.23. The van der Waals surface area contributed by atoms with E-state index in [2.05, 4.69) is 0 Å². The highest BCUT2D eigenvalue weighted by atomic mass is 32.2. The number of hydrogen-bond donors (Lipinski definition) is 4. The molecule has 0 spiro atoms. The van der Waals surface area contributed by atoms with E-state index < -0.39 is 23.1 Å². The van der Waals surface area contributed by atoms with Gasteiger partial charge in [0, 0.05) is 9.79 Å². The smallest absolute Gasteiger partial charge is 0.336 e. The Balaban J connectivity index is 3.03. The molecule has 0 fully saturated rings. The van der Waals surface area contributed by atoms with Crippen molar-refractivity contribution in [3.8, 4) is 0 Å². The van der Waals surface area contributed by atoms with E-state index in [1.54, 1.807) is 52.0 Å². The Morgan fingerprint density at radius 1 is 0.600 bits per heavy atom. The number of benzene rings is 2. The molecule has 0 atom stereocenters. The van der Waals surface area contributed by atoms with Gasteiger partial charge in [0.05, 0.1) is 22.3 Å². The molecule has 35 heavy (non-hydrogen) atoms. The first-order valence-corrected chi connectivity index (χ1v) is 12.3. The molecule has 7 heteroatoms. The van der Waals surface area contributed by atoms with Crippen molar-refractivity contribution >= 4 is 23.7 Å². The maximum atomic E-state index is 12.4. The van der Waals surface area contributed by atoms with Gasteiger partial charge >= 0.3 is 11.9 Å². The number of carbonyl (C=O) groups is 2. The lowest BCUT2D eigenvalue weighted by molar-refractivity contribution is 0.0669. The number of rotatable bonds is 6. The summed E-state index contributed by atoms with van der Waals surface area (Å²) < 4.78 is 0. The zero-order valence-electron chi connectivity index (χ0n) is 22.3. The highest BCUT2D eigenvalue weighted by Crippen LogP contribution is 2.46. The summed E-state index contributed by atoms with van der Waals surface area (Å²) in [5.41, 5.74) is -1.40. The molecule has 0 amide bonds. The quantitative estimate of drug-likeness (QED) is 0.367. The molecule has 0 aromatic heterocycles. The maximum absolute atomic E-state index is 12.4. The van der Waals surface area contributed by atoms with E-state index in [1.165, 1.54) is 0 Å². The molecule has 2 aromatic carbocycles. The summed E-state index contributed by atoms with van der Waals surface area (Å²) in [5, 5.41) is 42.3. The lowest BCUT2D eigenvalue weighted by Gasteiger charge is -2.30. The molecule has 4 N–H and O–H groups in total. The molecule has 192 valence electrons. The van der Waals surface area contributed by atoms with Gasteiger partial charge in [-0.3, -0.25) is 0 Å². The predicted octanol–water partition coefficient (Wildman–Crippen LogP) is 6.28. The average molecular weight is 503 g/mol. The first kappa shape index (κ1) is 28.9. The summed E-state index contributed by atoms with van der Waals surface area (Å²) in [5.74, 6) is -2.37. The molecular weight excluding hydrogens is 464 g/mol. The fourth-order valence-electron chi connectivity index (χ4n) is 3.67. The van der Waals surface area contributed by atoms with E-state index in [4.69, 9.17) is 0 Å². The van der Waals surface area contributed by atoms with Gasteiger partial charge < -0.3 is 20.4 Å². The molecular formula is C28H38O6S. The lowest BCUT2D eigenvalue weighted by atomic mass is 9.82. The van der Waals surface area contributed by atoms with Gasteiger partial charge in [-0.05, 0) is 72.9 Å². The van der Waals surface area contributed by atoms with Crippen molar-refractivity contribution in [2.75, 3.05) is 0 Å². The zero-order valence-corrected chi connectivity index (χ0v) is 23.1. The predicted molar refractivity (Wildman–Crippen MR) is 139 cm³/mol. The number of aromatic carboxylic acids is 2. The largest absolute Gasteiger partial charge is 0.478 e. The minimum absolute atomic E-state index is 0.0301. The molecule has 2 aromatic rings. The third-order valence-corrected chi connectivity index (χ3v) is 7.18. The molecule has 0 saturated carbocycles. The lowest BCUT2D eigenvalue weighted by Crippen LogP contribution is -2.23. The van der Waals surface area contributed by atoms with Crippen LogP contribution in [0.4, 0.5) is 0 Å². The molecule has 0 heterocycles. The van der Waals surface area contributed by atoms with Gasteiger partial charge in [-0.25, -0.2) is 9.59 Å². The van der Waals surface area contributed by atoms with Crippen molar-refractivity contribution < 1.29 is 30.0 Å². The van der Waals surface area contributed by atoms with Crippen molar-refractivity contribution in [2.24, 2.45) is 0 Å². The van der Waals surface area contributed by atoms with Crippen LogP contribution in [0.1, 0.15) is 112 Å². The molecule has 6 nitrogen and oxygen atoms in total. The maximum Gasteiger partial charge on any atom is 0.336 e. The summed E-state index contributed by atoms with van der Waals surface area (Å²) in [7, 11) is 0. The average Bonchev–Trinajstić information content (AvgIpc) is 2.64. The van der Waals surface area contributed by atoms with E-state index in [1.807, 2.05) is 41.5 Å². The van der Waals surface area contributed by atoms with E-state index in [9.17, 15) is 30.0 Å². The van der Waals surface area contributed by atoms with Crippen LogP contribution in [0.5, 0.6) is 0 Å². The zero-order chi connectivity index (χ0) is 27.3. The standard InChI is InChI=1S/C28H38O6S/c1-25(2,3)15-11-17(23(29)30)21(19(13-15)27(7,8)33)35-22-18(24(31)32)12-16(26(4,5)6)14-20(22)28(9,10)34/h11-14,33-34H,1-10H3,(H,29,30)(H,31,32). The Morgan fingerprint density at radius 2 is 0.886 bits per heavy atom. The highest BCUT2D eigenvalue weighted by molar-refractivity contribution is 7.99. The molecule has 0 radical (unpaired) electrons. The van der Waals surface area contributed by atoms with Crippen LogP contribution >= 0.6 is 11.8 Å². The molecule has 0 aliphatic heterocycles.